The Labute approximate surface area is 172 Å². The van der Waals surface area contributed by atoms with E-state index >= 15 is 0 Å². The maximum Gasteiger partial charge on any atom is 0.416 e. The number of anilines is 2. The number of nitrogens with zero attached hydrogens (tertiary/aromatic N) is 3. The molecule has 10 heteroatoms. The monoisotopic (exact) mass is 468 g/mol. The quantitative estimate of drug-likeness (QED) is 0.630. The average Bonchev–Trinajstić information content (AvgIpc) is 2.63. The van der Waals surface area contributed by atoms with E-state index in [-0.39, 0.29) is 5.69 Å². The Bertz CT molecular complexity index is 1140. The first-order chi connectivity index (χ1) is 13.6. The molecule has 1 aromatic heterocycles. The lowest BCUT2D eigenvalue weighted by molar-refractivity contribution is -0.137. The van der Waals surface area contributed by atoms with Gasteiger partial charge in [-0.05, 0) is 36.4 Å². The number of halogens is 4. The number of fused-ring (bicyclic) bond motifs is 1. The summed E-state index contributed by atoms with van der Waals surface area (Å²) in [5.74, 6) is -0.648. The molecular formula is C19H16BrF3N4O2. The van der Waals surface area contributed by atoms with Gasteiger partial charge in [-0.2, -0.15) is 13.2 Å². The van der Waals surface area contributed by atoms with E-state index in [4.69, 9.17) is 0 Å². The van der Waals surface area contributed by atoms with Crippen LogP contribution in [0.5, 0.6) is 0 Å². The third-order valence-electron chi connectivity index (χ3n) is 4.18. The van der Waals surface area contributed by atoms with Crippen LogP contribution in [0.2, 0.25) is 0 Å². The zero-order valence-electron chi connectivity index (χ0n) is 15.4. The number of hydrogen-bond donors (Lipinski definition) is 1. The minimum Gasteiger partial charge on any atom is -0.376 e. The fourth-order valence-electron chi connectivity index (χ4n) is 2.79. The molecule has 0 bridgehead atoms. The van der Waals surface area contributed by atoms with Gasteiger partial charge >= 0.3 is 6.18 Å². The molecule has 0 spiro atoms. The van der Waals surface area contributed by atoms with Gasteiger partial charge in [0.05, 0.1) is 34.2 Å². The van der Waals surface area contributed by atoms with Gasteiger partial charge < -0.3 is 10.2 Å². The SMILES string of the molecule is CN(C)c1ccc(C(F)(F)F)cc1NC(=O)Cn1cnc2ccc(Br)cc2c1=O. The van der Waals surface area contributed by atoms with Crippen LogP contribution in [0.25, 0.3) is 10.9 Å². The minimum absolute atomic E-state index is 0.000586. The second-order valence-electron chi connectivity index (χ2n) is 6.51. The zero-order chi connectivity index (χ0) is 21.3. The second-order valence-corrected chi connectivity index (χ2v) is 7.43. The summed E-state index contributed by atoms with van der Waals surface area (Å²) in [5, 5.41) is 2.78. The number of carbonyl (C=O) groups excluding carboxylic acids is 1. The first-order valence-corrected chi connectivity index (χ1v) is 9.18. The summed E-state index contributed by atoms with van der Waals surface area (Å²) in [6.07, 6.45) is -3.31. The molecule has 3 rings (SSSR count). The Kier molecular flexibility index (Phi) is 5.65. The molecule has 0 radical (unpaired) electrons. The second kappa shape index (κ2) is 7.86. The number of nitrogens with one attached hydrogen (secondary N) is 1. The van der Waals surface area contributed by atoms with Crippen molar-refractivity contribution in [2.24, 2.45) is 0 Å². The van der Waals surface area contributed by atoms with Crippen LogP contribution in [0.3, 0.4) is 0 Å². The lowest BCUT2D eigenvalue weighted by Crippen LogP contribution is -2.28. The molecule has 0 aliphatic carbocycles. The standard InChI is InChI=1S/C19H16BrF3N4O2/c1-26(2)16-6-3-11(19(21,22)23)7-15(16)25-17(28)9-27-10-24-14-5-4-12(20)8-13(14)18(27)29/h3-8,10H,9H2,1-2H3,(H,25,28). The van der Waals surface area contributed by atoms with E-state index in [1.54, 1.807) is 37.2 Å². The zero-order valence-corrected chi connectivity index (χ0v) is 17.0. The van der Waals surface area contributed by atoms with Crippen molar-refractivity contribution in [3.05, 3.63) is 63.1 Å². The molecule has 0 atom stereocenters. The Balaban J connectivity index is 1.90. The highest BCUT2D eigenvalue weighted by molar-refractivity contribution is 9.10. The maximum atomic E-state index is 13.0. The van der Waals surface area contributed by atoms with Crippen molar-refractivity contribution >= 4 is 44.1 Å². The van der Waals surface area contributed by atoms with E-state index in [9.17, 15) is 22.8 Å². The van der Waals surface area contributed by atoms with E-state index in [0.29, 0.717) is 21.1 Å². The van der Waals surface area contributed by atoms with Crippen molar-refractivity contribution < 1.29 is 18.0 Å². The normalized spacial score (nSPS) is 11.5. The number of amides is 1. The number of benzene rings is 2. The van der Waals surface area contributed by atoms with Gasteiger partial charge in [0.25, 0.3) is 5.56 Å². The van der Waals surface area contributed by atoms with Crippen LogP contribution in [0.4, 0.5) is 24.5 Å². The summed E-state index contributed by atoms with van der Waals surface area (Å²) in [5.41, 5.74) is -0.433. The molecule has 0 saturated carbocycles. The van der Waals surface area contributed by atoms with Gasteiger partial charge in [-0.3, -0.25) is 14.2 Å². The first kappa shape index (κ1) is 20.8. The van der Waals surface area contributed by atoms with Gasteiger partial charge in [-0.25, -0.2) is 4.98 Å². The van der Waals surface area contributed by atoms with Crippen LogP contribution < -0.4 is 15.8 Å². The van der Waals surface area contributed by atoms with E-state index in [1.165, 1.54) is 12.4 Å². The summed E-state index contributed by atoms with van der Waals surface area (Å²) in [4.78, 5) is 30.8. The molecular weight excluding hydrogens is 453 g/mol. The van der Waals surface area contributed by atoms with Crippen LogP contribution in [0.1, 0.15) is 5.56 Å². The number of alkyl halides is 3. The van der Waals surface area contributed by atoms with Crippen molar-refractivity contribution in [1.29, 1.82) is 0 Å². The third-order valence-corrected chi connectivity index (χ3v) is 4.67. The molecule has 1 heterocycles. The predicted octanol–water partition coefficient (Wildman–Crippen LogP) is 3.88. The van der Waals surface area contributed by atoms with Crippen molar-refractivity contribution in [2.45, 2.75) is 12.7 Å². The van der Waals surface area contributed by atoms with Crippen LogP contribution in [-0.4, -0.2) is 29.6 Å². The Morgan fingerprint density at radius 3 is 2.59 bits per heavy atom. The Morgan fingerprint density at radius 1 is 1.21 bits per heavy atom. The van der Waals surface area contributed by atoms with E-state index in [2.05, 4.69) is 26.2 Å². The molecule has 0 saturated heterocycles. The molecule has 1 N–H and O–H groups in total. The Hall–Kier alpha value is -2.88. The molecule has 0 fully saturated rings. The number of carbonyl (C=O) groups is 1. The van der Waals surface area contributed by atoms with Crippen LogP contribution in [-0.2, 0) is 17.5 Å². The van der Waals surface area contributed by atoms with Gasteiger partial charge in [0, 0.05) is 18.6 Å². The van der Waals surface area contributed by atoms with Crippen LogP contribution in [0.15, 0.2) is 52.0 Å². The van der Waals surface area contributed by atoms with Gasteiger partial charge in [0.15, 0.2) is 0 Å². The smallest absolute Gasteiger partial charge is 0.376 e. The third kappa shape index (κ3) is 4.58. The summed E-state index contributed by atoms with van der Waals surface area (Å²) >= 11 is 3.28. The van der Waals surface area contributed by atoms with Gasteiger partial charge in [0.1, 0.15) is 6.54 Å². The van der Waals surface area contributed by atoms with Crippen molar-refractivity contribution in [2.75, 3.05) is 24.3 Å². The van der Waals surface area contributed by atoms with Crippen LogP contribution >= 0.6 is 15.9 Å². The highest BCUT2D eigenvalue weighted by Gasteiger charge is 2.31. The highest BCUT2D eigenvalue weighted by Crippen LogP contribution is 2.34. The first-order valence-electron chi connectivity index (χ1n) is 8.39. The summed E-state index contributed by atoms with van der Waals surface area (Å²) in [7, 11) is 3.29. The fraction of sp³-hybridized carbons (Fsp3) is 0.211. The number of aromatic nitrogens is 2. The molecule has 1 amide bonds. The van der Waals surface area contributed by atoms with E-state index in [1.807, 2.05) is 0 Å². The molecule has 2 aromatic carbocycles. The van der Waals surface area contributed by atoms with Gasteiger partial charge in [-0.1, -0.05) is 15.9 Å². The molecule has 29 heavy (non-hydrogen) atoms. The number of rotatable bonds is 4. The van der Waals surface area contributed by atoms with Crippen molar-refractivity contribution in [3.63, 3.8) is 0 Å². The molecule has 152 valence electrons. The molecule has 0 aliphatic rings. The largest absolute Gasteiger partial charge is 0.416 e. The lowest BCUT2D eigenvalue weighted by atomic mass is 10.1. The van der Waals surface area contributed by atoms with Crippen LogP contribution in [0, 0.1) is 0 Å². The average molecular weight is 469 g/mol. The van der Waals surface area contributed by atoms with E-state index in [0.717, 1.165) is 16.7 Å². The summed E-state index contributed by atoms with van der Waals surface area (Å²) in [6.45, 7) is -0.391. The molecule has 6 nitrogen and oxygen atoms in total. The molecule has 3 aromatic rings. The summed E-state index contributed by atoms with van der Waals surface area (Å²) in [6, 6.07) is 8.08. The van der Waals surface area contributed by atoms with Gasteiger partial charge in [0.2, 0.25) is 5.91 Å². The fourth-order valence-corrected chi connectivity index (χ4v) is 3.15. The van der Waals surface area contributed by atoms with Gasteiger partial charge in [-0.15, -0.1) is 0 Å². The lowest BCUT2D eigenvalue weighted by Gasteiger charge is -2.20. The van der Waals surface area contributed by atoms with Crippen molar-refractivity contribution in [1.82, 2.24) is 9.55 Å². The topological polar surface area (TPSA) is 67.2 Å². The molecule has 0 unspecified atom stereocenters. The van der Waals surface area contributed by atoms with E-state index < -0.39 is 29.8 Å². The minimum atomic E-state index is -4.54. The maximum absolute atomic E-state index is 13.0. The highest BCUT2D eigenvalue weighted by atomic mass is 79.9. The number of hydrogen-bond acceptors (Lipinski definition) is 4. The summed E-state index contributed by atoms with van der Waals surface area (Å²) < 4.78 is 40.9. The van der Waals surface area contributed by atoms with Crippen molar-refractivity contribution in [3.8, 4) is 0 Å². The Morgan fingerprint density at radius 2 is 1.93 bits per heavy atom. The predicted molar refractivity (Wildman–Crippen MR) is 108 cm³/mol. The molecule has 0 aliphatic heterocycles.